The van der Waals surface area contributed by atoms with E-state index >= 15 is 0 Å². The van der Waals surface area contributed by atoms with Crippen LogP contribution in [-0.4, -0.2) is 23.0 Å². The van der Waals surface area contributed by atoms with Crippen molar-refractivity contribution in [1.29, 1.82) is 10.5 Å². The first-order chi connectivity index (χ1) is 15.2. The van der Waals surface area contributed by atoms with Crippen LogP contribution in [0.1, 0.15) is 11.1 Å². The van der Waals surface area contributed by atoms with Crippen molar-refractivity contribution < 1.29 is 27.1 Å². The van der Waals surface area contributed by atoms with Gasteiger partial charge in [0.2, 0.25) is 5.91 Å². The summed E-state index contributed by atoms with van der Waals surface area (Å²) in [6.45, 7) is 0. The maximum absolute atomic E-state index is 12.3. The van der Waals surface area contributed by atoms with Crippen LogP contribution in [0.4, 0.5) is 24.7 Å². The number of ether oxygens (including phenoxy) is 1. The van der Waals surface area contributed by atoms with Gasteiger partial charge in [0.05, 0.1) is 23.1 Å². The minimum Gasteiger partial charge on any atom is -0.464 e. The van der Waals surface area contributed by atoms with Crippen molar-refractivity contribution in [3.63, 3.8) is 0 Å². The molecule has 0 spiro atoms. The molecular formula is C20H12F3N5O3S. The number of alkyl halides is 3. The van der Waals surface area contributed by atoms with Crippen LogP contribution in [0, 0.1) is 22.7 Å². The number of halogens is 3. The Morgan fingerprint density at radius 1 is 1.19 bits per heavy atom. The summed E-state index contributed by atoms with van der Waals surface area (Å²) in [5, 5.41) is 21.7. The van der Waals surface area contributed by atoms with Crippen molar-refractivity contribution >= 4 is 29.2 Å². The van der Waals surface area contributed by atoms with Crippen LogP contribution in [-0.2, 0) is 4.79 Å². The highest BCUT2D eigenvalue weighted by atomic mass is 32.2. The summed E-state index contributed by atoms with van der Waals surface area (Å²) in [6, 6.07) is 11.6. The molecule has 8 nitrogen and oxygen atoms in total. The molecule has 0 aliphatic heterocycles. The fraction of sp³-hybridized carbons (Fsp3) is 0.100. The highest BCUT2D eigenvalue weighted by molar-refractivity contribution is 8.00. The summed E-state index contributed by atoms with van der Waals surface area (Å²) < 4.78 is 45.7. The molecule has 0 bridgehead atoms. The first-order valence-electron chi connectivity index (χ1n) is 8.68. The third-order valence-corrected chi connectivity index (χ3v) is 4.87. The predicted octanol–water partition coefficient (Wildman–Crippen LogP) is 4.30. The number of nitrogens with two attached hydrogens (primary N) is 1. The van der Waals surface area contributed by atoms with Crippen LogP contribution in [0.2, 0.25) is 0 Å². The molecule has 0 aliphatic carbocycles. The SMILES string of the molecule is N#Cc1c(N)nc(SCC(=O)Nc2ccc(OC(F)(F)F)cc2)c(C#N)c1-c1ccco1. The number of hydrogen-bond donors (Lipinski definition) is 2. The molecule has 3 rings (SSSR count). The van der Waals surface area contributed by atoms with Crippen molar-refractivity contribution in [3.05, 3.63) is 53.8 Å². The van der Waals surface area contributed by atoms with E-state index in [2.05, 4.69) is 15.0 Å². The molecule has 0 saturated heterocycles. The van der Waals surface area contributed by atoms with Crippen molar-refractivity contribution in [2.45, 2.75) is 11.4 Å². The Hall–Kier alpha value is -4.16. The molecule has 1 aromatic carbocycles. The number of thioether (sulfide) groups is 1. The zero-order valence-corrected chi connectivity index (χ0v) is 16.8. The number of nitrogens with zero attached hydrogens (tertiary/aromatic N) is 3. The average molecular weight is 459 g/mol. The highest BCUT2D eigenvalue weighted by Gasteiger charge is 2.31. The van der Waals surface area contributed by atoms with Crippen LogP contribution < -0.4 is 15.8 Å². The van der Waals surface area contributed by atoms with Gasteiger partial charge in [-0.1, -0.05) is 11.8 Å². The maximum atomic E-state index is 12.3. The number of nitriles is 2. The van der Waals surface area contributed by atoms with Crippen molar-refractivity contribution in [3.8, 4) is 29.2 Å². The fourth-order valence-corrected chi connectivity index (χ4v) is 3.44. The van der Waals surface area contributed by atoms with Gasteiger partial charge in [-0.2, -0.15) is 10.5 Å². The number of rotatable bonds is 6. The van der Waals surface area contributed by atoms with Gasteiger partial charge in [-0.05, 0) is 36.4 Å². The number of pyridine rings is 1. The first kappa shape index (κ1) is 22.5. The lowest BCUT2D eigenvalue weighted by Gasteiger charge is -2.11. The van der Waals surface area contributed by atoms with Crippen LogP contribution in [0.25, 0.3) is 11.3 Å². The van der Waals surface area contributed by atoms with E-state index in [1.54, 1.807) is 12.1 Å². The normalized spacial score (nSPS) is 10.8. The number of nitrogen functional groups attached to an aromatic ring is 1. The van der Waals surface area contributed by atoms with Gasteiger partial charge in [-0.25, -0.2) is 4.98 Å². The summed E-state index contributed by atoms with van der Waals surface area (Å²) in [5.74, 6) is -0.995. The lowest BCUT2D eigenvalue weighted by atomic mass is 10.0. The van der Waals surface area contributed by atoms with Crippen LogP contribution in [0.5, 0.6) is 5.75 Å². The summed E-state index contributed by atoms with van der Waals surface area (Å²) in [5.41, 5.74) is 6.28. The summed E-state index contributed by atoms with van der Waals surface area (Å²) in [6.07, 6.45) is -3.44. The first-order valence-corrected chi connectivity index (χ1v) is 9.66. The van der Waals surface area contributed by atoms with Crippen molar-refractivity contribution in [1.82, 2.24) is 4.98 Å². The van der Waals surface area contributed by atoms with Crippen LogP contribution in [0.3, 0.4) is 0 Å². The third kappa shape index (κ3) is 5.30. The molecule has 0 unspecified atom stereocenters. The van der Waals surface area contributed by atoms with Gasteiger partial charge in [-0.3, -0.25) is 4.79 Å². The summed E-state index contributed by atoms with van der Waals surface area (Å²) >= 11 is 0.905. The lowest BCUT2D eigenvalue weighted by Crippen LogP contribution is -2.17. The summed E-state index contributed by atoms with van der Waals surface area (Å²) in [4.78, 5) is 16.3. The van der Waals surface area contributed by atoms with Crippen LogP contribution >= 0.6 is 11.8 Å². The van der Waals surface area contributed by atoms with E-state index < -0.39 is 18.0 Å². The van der Waals surface area contributed by atoms with Crippen molar-refractivity contribution in [2.75, 3.05) is 16.8 Å². The average Bonchev–Trinajstić information content (AvgIpc) is 3.26. The van der Waals surface area contributed by atoms with E-state index in [1.165, 1.54) is 18.4 Å². The molecule has 32 heavy (non-hydrogen) atoms. The van der Waals surface area contributed by atoms with Gasteiger partial charge in [-0.15, -0.1) is 13.2 Å². The number of nitrogens with one attached hydrogen (secondary N) is 1. The van der Waals surface area contributed by atoms with Crippen molar-refractivity contribution in [2.24, 2.45) is 0 Å². The minimum atomic E-state index is -4.82. The predicted molar refractivity (Wildman–Crippen MR) is 108 cm³/mol. The molecule has 3 N–H and O–H groups in total. The monoisotopic (exact) mass is 459 g/mol. The third-order valence-electron chi connectivity index (χ3n) is 3.89. The Kier molecular flexibility index (Phi) is 6.56. The van der Waals surface area contributed by atoms with Gasteiger partial charge in [0.15, 0.2) is 0 Å². The van der Waals surface area contributed by atoms with Gasteiger partial charge < -0.3 is 20.2 Å². The molecule has 2 aromatic heterocycles. The second-order valence-corrected chi connectivity index (χ2v) is 7.00. The molecule has 12 heteroatoms. The second kappa shape index (κ2) is 9.32. The van der Waals surface area contributed by atoms with E-state index in [4.69, 9.17) is 10.2 Å². The molecule has 162 valence electrons. The maximum Gasteiger partial charge on any atom is 0.573 e. The number of amides is 1. The molecule has 0 fully saturated rings. The highest BCUT2D eigenvalue weighted by Crippen LogP contribution is 2.35. The number of carbonyl (C=O) groups is 1. The van der Waals surface area contributed by atoms with Crippen LogP contribution in [0.15, 0.2) is 52.1 Å². The van der Waals surface area contributed by atoms with E-state index in [0.717, 1.165) is 23.9 Å². The quantitative estimate of drug-likeness (QED) is 0.521. The Morgan fingerprint density at radius 3 is 2.44 bits per heavy atom. The second-order valence-electron chi connectivity index (χ2n) is 6.04. The van der Waals surface area contributed by atoms with Gasteiger partial charge in [0.1, 0.15) is 40.1 Å². The largest absolute Gasteiger partial charge is 0.573 e. The van der Waals surface area contributed by atoms with Gasteiger partial charge in [0.25, 0.3) is 0 Å². The fourth-order valence-electron chi connectivity index (χ4n) is 2.64. The lowest BCUT2D eigenvalue weighted by molar-refractivity contribution is -0.274. The zero-order chi connectivity index (χ0) is 23.3. The molecule has 0 atom stereocenters. The molecule has 2 heterocycles. The smallest absolute Gasteiger partial charge is 0.464 e. The number of anilines is 2. The topological polar surface area (TPSA) is 138 Å². The van der Waals surface area contributed by atoms with E-state index in [0.29, 0.717) is 0 Å². The Labute approximate surface area is 183 Å². The van der Waals surface area contributed by atoms with E-state index in [-0.39, 0.29) is 44.7 Å². The Bertz CT molecular complexity index is 1210. The van der Waals surface area contributed by atoms with Gasteiger partial charge >= 0.3 is 6.36 Å². The molecular weight excluding hydrogens is 447 g/mol. The molecule has 3 aromatic rings. The summed E-state index contributed by atoms with van der Waals surface area (Å²) in [7, 11) is 0. The molecule has 0 aliphatic rings. The number of benzene rings is 1. The van der Waals surface area contributed by atoms with Gasteiger partial charge in [0, 0.05) is 5.69 Å². The minimum absolute atomic E-state index is 0.0218. The Morgan fingerprint density at radius 2 is 1.88 bits per heavy atom. The number of aromatic nitrogens is 1. The molecule has 1 amide bonds. The number of carbonyl (C=O) groups excluding carboxylic acids is 1. The van der Waals surface area contributed by atoms with E-state index in [9.17, 15) is 28.5 Å². The Balaban J connectivity index is 1.75. The zero-order valence-electron chi connectivity index (χ0n) is 15.9. The number of furan rings is 1. The molecule has 0 radical (unpaired) electrons. The number of hydrogen-bond acceptors (Lipinski definition) is 8. The molecule has 0 saturated carbocycles. The van der Waals surface area contributed by atoms with E-state index in [1.807, 2.05) is 12.1 Å². The standard InChI is InChI=1S/C20H12F3N5O3S/c21-20(22,23)31-12-5-3-11(4-6-12)27-16(29)10-32-19-14(9-25)17(15-2-1-7-30-15)13(8-24)18(26)28-19/h1-7H,10H2,(H2,26,28)(H,27,29).